The van der Waals surface area contributed by atoms with Gasteiger partial charge in [0.1, 0.15) is 5.60 Å². The summed E-state index contributed by atoms with van der Waals surface area (Å²) in [6.07, 6.45) is -0.441. The van der Waals surface area contributed by atoms with E-state index in [1.54, 1.807) is 0 Å². The quantitative estimate of drug-likeness (QED) is 0.704. The maximum Gasteiger partial charge on any atom is 0.408 e. The van der Waals surface area contributed by atoms with Crippen LogP contribution < -0.4 is 11.1 Å². The lowest BCUT2D eigenvalue weighted by Crippen LogP contribution is -2.48. The maximum atomic E-state index is 11.3. The molecule has 1 amide bonds. The van der Waals surface area contributed by atoms with Gasteiger partial charge in [0.25, 0.3) is 0 Å². The van der Waals surface area contributed by atoms with Gasteiger partial charge in [0.05, 0.1) is 25.3 Å². The molecule has 0 spiro atoms. The number of amides is 1. The van der Waals surface area contributed by atoms with Crippen molar-refractivity contribution in [2.45, 2.75) is 38.5 Å². The smallest absolute Gasteiger partial charge is 0.408 e. The fourth-order valence-electron chi connectivity index (χ4n) is 1.18. The molecule has 15 heavy (non-hydrogen) atoms. The molecule has 0 aromatic rings. The standard InChI is InChI=1S/C9H18N2O3.ClH/c1-9(2,3)14-8(12)11-7-5-13-4-6(7)10;/h6-7H,4-5,10H2,1-3H3,(H,11,12);1H/t6-,7+;/m0./s1. The molecule has 3 N–H and O–H groups in total. The second kappa shape index (κ2) is 5.53. The number of nitrogens with one attached hydrogen (secondary N) is 1. The maximum absolute atomic E-state index is 11.3. The molecule has 2 atom stereocenters. The highest BCUT2D eigenvalue weighted by Gasteiger charge is 2.28. The van der Waals surface area contributed by atoms with Crippen LogP contribution in [0.15, 0.2) is 0 Å². The molecule has 1 heterocycles. The topological polar surface area (TPSA) is 73.6 Å². The zero-order chi connectivity index (χ0) is 10.8. The first kappa shape index (κ1) is 14.5. The van der Waals surface area contributed by atoms with Crippen LogP contribution in [0.4, 0.5) is 4.79 Å². The molecular weight excluding hydrogens is 220 g/mol. The Morgan fingerprint density at radius 2 is 2.07 bits per heavy atom. The van der Waals surface area contributed by atoms with Crippen molar-refractivity contribution in [1.29, 1.82) is 0 Å². The van der Waals surface area contributed by atoms with E-state index >= 15 is 0 Å². The van der Waals surface area contributed by atoms with Crippen LogP contribution in [0.5, 0.6) is 0 Å². The average molecular weight is 239 g/mol. The first-order valence-corrected chi connectivity index (χ1v) is 4.71. The van der Waals surface area contributed by atoms with Crippen LogP contribution in [0.25, 0.3) is 0 Å². The number of carbonyl (C=O) groups is 1. The third kappa shape index (κ3) is 5.20. The fraction of sp³-hybridized carbons (Fsp3) is 0.889. The van der Waals surface area contributed by atoms with Crippen molar-refractivity contribution in [2.24, 2.45) is 5.73 Å². The van der Waals surface area contributed by atoms with E-state index in [4.69, 9.17) is 15.2 Å². The average Bonchev–Trinajstić information content (AvgIpc) is 2.32. The predicted molar refractivity (Wildman–Crippen MR) is 59.2 cm³/mol. The number of carbonyl (C=O) groups excluding carboxylic acids is 1. The summed E-state index contributed by atoms with van der Waals surface area (Å²) >= 11 is 0. The van der Waals surface area contributed by atoms with Crippen molar-refractivity contribution in [3.05, 3.63) is 0 Å². The third-order valence-electron chi connectivity index (χ3n) is 1.83. The Morgan fingerprint density at radius 3 is 2.47 bits per heavy atom. The van der Waals surface area contributed by atoms with Gasteiger partial charge in [0.2, 0.25) is 0 Å². The summed E-state index contributed by atoms with van der Waals surface area (Å²) < 4.78 is 10.2. The summed E-state index contributed by atoms with van der Waals surface area (Å²) in [5.41, 5.74) is 5.22. The molecule has 90 valence electrons. The van der Waals surface area contributed by atoms with E-state index < -0.39 is 11.7 Å². The SMILES string of the molecule is CC(C)(C)OC(=O)N[C@@H]1COC[C@@H]1N.Cl. The van der Waals surface area contributed by atoms with Crippen LogP contribution in [0.2, 0.25) is 0 Å². The molecule has 1 saturated heterocycles. The minimum Gasteiger partial charge on any atom is -0.444 e. The molecule has 0 aromatic heterocycles. The van der Waals surface area contributed by atoms with E-state index in [0.717, 1.165) is 0 Å². The Morgan fingerprint density at radius 1 is 1.47 bits per heavy atom. The Labute approximate surface area is 96.1 Å². The summed E-state index contributed by atoms with van der Waals surface area (Å²) in [5, 5.41) is 2.67. The van der Waals surface area contributed by atoms with E-state index in [9.17, 15) is 4.79 Å². The molecule has 5 nitrogen and oxygen atoms in total. The van der Waals surface area contributed by atoms with Crippen LogP contribution in [0.1, 0.15) is 20.8 Å². The van der Waals surface area contributed by atoms with Crippen molar-refractivity contribution < 1.29 is 14.3 Å². The molecule has 0 unspecified atom stereocenters. The van der Waals surface area contributed by atoms with E-state index in [-0.39, 0.29) is 24.5 Å². The first-order chi connectivity index (χ1) is 6.38. The van der Waals surface area contributed by atoms with E-state index in [1.807, 2.05) is 20.8 Å². The highest BCUT2D eigenvalue weighted by atomic mass is 35.5. The lowest BCUT2D eigenvalue weighted by atomic mass is 10.2. The van der Waals surface area contributed by atoms with E-state index in [1.165, 1.54) is 0 Å². The molecule has 0 radical (unpaired) electrons. The Balaban J connectivity index is 0.00000196. The molecule has 1 aliphatic heterocycles. The zero-order valence-corrected chi connectivity index (χ0v) is 10.1. The molecule has 1 fully saturated rings. The summed E-state index contributed by atoms with van der Waals surface area (Å²) in [4.78, 5) is 11.3. The van der Waals surface area contributed by atoms with E-state index in [2.05, 4.69) is 5.32 Å². The number of hydrogen-bond acceptors (Lipinski definition) is 4. The van der Waals surface area contributed by atoms with Gasteiger partial charge in [-0.2, -0.15) is 0 Å². The summed E-state index contributed by atoms with van der Waals surface area (Å²) in [6, 6.07) is -0.271. The van der Waals surface area contributed by atoms with Crippen LogP contribution in [-0.2, 0) is 9.47 Å². The molecule has 1 rings (SSSR count). The molecule has 0 saturated carbocycles. The zero-order valence-electron chi connectivity index (χ0n) is 9.28. The monoisotopic (exact) mass is 238 g/mol. The largest absolute Gasteiger partial charge is 0.444 e. The van der Waals surface area contributed by atoms with Crippen LogP contribution in [0, 0.1) is 0 Å². The van der Waals surface area contributed by atoms with Gasteiger partial charge in [-0.15, -0.1) is 12.4 Å². The van der Waals surface area contributed by atoms with Gasteiger partial charge in [0.15, 0.2) is 0 Å². The molecule has 0 aromatic carbocycles. The minimum absolute atomic E-state index is 0. The number of alkyl carbamates (subject to hydrolysis) is 1. The number of hydrogen-bond donors (Lipinski definition) is 2. The van der Waals surface area contributed by atoms with Crippen LogP contribution in [-0.4, -0.2) is 37.0 Å². The minimum atomic E-state index is -0.479. The first-order valence-electron chi connectivity index (χ1n) is 4.71. The third-order valence-corrected chi connectivity index (χ3v) is 1.83. The Bertz CT molecular complexity index is 218. The second-order valence-electron chi connectivity index (χ2n) is 4.45. The molecule has 0 bridgehead atoms. The number of rotatable bonds is 1. The van der Waals surface area contributed by atoms with Gasteiger partial charge in [-0.25, -0.2) is 4.79 Å². The highest BCUT2D eigenvalue weighted by Crippen LogP contribution is 2.08. The van der Waals surface area contributed by atoms with Crippen LogP contribution >= 0.6 is 12.4 Å². The van der Waals surface area contributed by atoms with Crippen molar-refractivity contribution >= 4 is 18.5 Å². The van der Waals surface area contributed by atoms with E-state index in [0.29, 0.717) is 13.2 Å². The van der Waals surface area contributed by atoms with Crippen molar-refractivity contribution in [1.82, 2.24) is 5.32 Å². The number of nitrogens with two attached hydrogens (primary N) is 1. The van der Waals surface area contributed by atoms with Gasteiger partial charge in [-0.05, 0) is 20.8 Å². The Hall–Kier alpha value is -0.520. The van der Waals surface area contributed by atoms with Gasteiger partial charge in [0, 0.05) is 0 Å². The summed E-state index contributed by atoms with van der Waals surface area (Å²) in [5.74, 6) is 0. The van der Waals surface area contributed by atoms with Gasteiger partial charge in [-0.1, -0.05) is 0 Å². The van der Waals surface area contributed by atoms with Crippen molar-refractivity contribution in [2.75, 3.05) is 13.2 Å². The fourth-order valence-corrected chi connectivity index (χ4v) is 1.18. The summed E-state index contributed by atoms with van der Waals surface area (Å²) in [6.45, 7) is 6.40. The lowest BCUT2D eigenvalue weighted by Gasteiger charge is -2.22. The molecule has 0 aliphatic carbocycles. The molecular formula is C9H19ClN2O3. The molecule has 1 aliphatic rings. The van der Waals surface area contributed by atoms with Crippen molar-refractivity contribution in [3.8, 4) is 0 Å². The Kier molecular flexibility index (Phi) is 5.34. The second-order valence-corrected chi connectivity index (χ2v) is 4.45. The summed E-state index contributed by atoms with van der Waals surface area (Å²) in [7, 11) is 0. The normalized spacial score (nSPS) is 25.6. The predicted octanol–water partition coefficient (Wildman–Crippen LogP) is 0.659. The van der Waals surface area contributed by atoms with Crippen molar-refractivity contribution in [3.63, 3.8) is 0 Å². The number of halogens is 1. The number of ether oxygens (including phenoxy) is 2. The van der Waals surface area contributed by atoms with Gasteiger partial charge < -0.3 is 20.5 Å². The van der Waals surface area contributed by atoms with Crippen LogP contribution in [0.3, 0.4) is 0 Å². The lowest BCUT2D eigenvalue weighted by molar-refractivity contribution is 0.0496. The van der Waals surface area contributed by atoms with Gasteiger partial charge in [-0.3, -0.25) is 0 Å². The highest BCUT2D eigenvalue weighted by molar-refractivity contribution is 5.85. The molecule has 6 heteroatoms. The van der Waals surface area contributed by atoms with Gasteiger partial charge >= 0.3 is 6.09 Å².